The third-order valence-electron chi connectivity index (χ3n) is 2.92. The van der Waals surface area contributed by atoms with Crippen molar-refractivity contribution in [3.63, 3.8) is 0 Å². The van der Waals surface area contributed by atoms with Gasteiger partial charge < -0.3 is 9.84 Å². The summed E-state index contributed by atoms with van der Waals surface area (Å²) >= 11 is 0. The minimum Gasteiger partial charge on any atom is -0.393 e. The van der Waals surface area contributed by atoms with Crippen LogP contribution in [-0.2, 0) is 11.3 Å². The van der Waals surface area contributed by atoms with Crippen LogP contribution in [0.1, 0.15) is 18.4 Å². The van der Waals surface area contributed by atoms with Crippen molar-refractivity contribution in [1.82, 2.24) is 0 Å². The van der Waals surface area contributed by atoms with Gasteiger partial charge in [0.15, 0.2) is 0 Å². The average molecular weight is 246 g/mol. The number of benzene rings is 1. The van der Waals surface area contributed by atoms with Crippen molar-refractivity contribution in [3.8, 4) is 0 Å². The van der Waals surface area contributed by atoms with Gasteiger partial charge >= 0.3 is 0 Å². The summed E-state index contributed by atoms with van der Waals surface area (Å²) < 4.78 is 44.2. The highest BCUT2D eigenvalue weighted by atomic mass is 19.1. The van der Waals surface area contributed by atoms with E-state index in [0.29, 0.717) is 31.6 Å². The summed E-state index contributed by atoms with van der Waals surface area (Å²) in [4.78, 5) is 0. The first-order valence-corrected chi connectivity index (χ1v) is 5.45. The Morgan fingerprint density at radius 3 is 2.29 bits per heavy atom. The van der Waals surface area contributed by atoms with Gasteiger partial charge in [0, 0.05) is 17.7 Å². The molecule has 1 saturated carbocycles. The third kappa shape index (κ3) is 2.98. The molecular weight excluding hydrogens is 233 g/mol. The largest absolute Gasteiger partial charge is 0.393 e. The summed E-state index contributed by atoms with van der Waals surface area (Å²) in [5, 5.41) is 9.04. The van der Waals surface area contributed by atoms with Gasteiger partial charge in [-0.3, -0.25) is 0 Å². The smallest absolute Gasteiger partial charge is 0.134 e. The molecule has 0 saturated heterocycles. The molecule has 0 spiro atoms. The van der Waals surface area contributed by atoms with Crippen LogP contribution in [0.25, 0.3) is 0 Å². The number of hydrogen-bond donors (Lipinski definition) is 1. The van der Waals surface area contributed by atoms with Crippen molar-refractivity contribution in [2.24, 2.45) is 5.92 Å². The summed E-state index contributed by atoms with van der Waals surface area (Å²) in [6, 6.07) is 1.27. The van der Waals surface area contributed by atoms with Gasteiger partial charge in [-0.1, -0.05) is 0 Å². The van der Waals surface area contributed by atoms with Crippen molar-refractivity contribution in [2.45, 2.75) is 25.6 Å². The molecule has 0 aromatic heterocycles. The minimum absolute atomic E-state index is 0.218. The highest BCUT2D eigenvalue weighted by Crippen LogP contribution is 2.27. The van der Waals surface area contributed by atoms with Gasteiger partial charge in [-0.2, -0.15) is 0 Å². The Balaban J connectivity index is 1.86. The van der Waals surface area contributed by atoms with Crippen LogP contribution in [-0.4, -0.2) is 17.8 Å². The second-order valence-electron chi connectivity index (χ2n) is 4.35. The molecule has 5 heteroatoms. The van der Waals surface area contributed by atoms with Gasteiger partial charge in [0.05, 0.1) is 19.3 Å². The molecule has 1 fully saturated rings. The first kappa shape index (κ1) is 12.4. The van der Waals surface area contributed by atoms with E-state index in [1.54, 1.807) is 0 Å². The van der Waals surface area contributed by atoms with E-state index in [9.17, 15) is 13.2 Å². The standard InChI is InChI=1S/C12H13F3O2/c13-8-3-11(14)10(12(15)4-8)6-17-5-7-1-9(16)2-7/h3-4,7,9,16H,1-2,5-6H2/t7-,9+. The Bertz CT molecular complexity index is 380. The Hall–Kier alpha value is -1.07. The molecule has 1 aliphatic rings. The average Bonchev–Trinajstić information content (AvgIpc) is 2.18. The molecule has 0 atom stereocenters. The van der Waals surface area contributed by atoms with E-state index < -0.39 is 17.5 Å². The lowest BCUT2D eigenvalue weighted by molar-refractivity contribution is -0.0156. The zero-order chi connectivity index (χ0) is 12.4. The molecule has 0 radical (unpaired) electrons. The van der Waals surface area contributed by atoms with E-state index in [1.807, 2.05) is 0 Å². The molecule has 94 valence electrons. The fraction of sp³-hybridized carbons (Fsp3) is 0.500. The van der Waals surface area contributed by atoms with E-state index in [2.05, 4.69) is 0 Å². The van der Waals surface area contributed by atoms with E-state index >= 15 is 0 Å². The Morgan fingerprint density at radius 2 is 1.76 bits per heavy atom. The highest BCUT2D eigenvalue weighted by molar-refractivity contribution is 5.20. The van der Waals surface area contributed by atoms with Crippen molar-refractivity contribution >= 4 is 0 Å². The number of aliphatic hydroxyl groups excluding tert-OH is 1. The molecule has 0 heterocycles. The first-order valence-electron chi connectivity index (χ1n) is 5.45. The number of hydrogen-bond acceptors (Lipinski definition) is 2. The SMILES string of the molecule is O[C@H]1C[C@@H](COCc2c(F)cc(F)cc2F)C1. The predicted octanol–water partition coefficient (Wildman–Crippen LogP) is 2.39. The Kier molecular flexibility index (Phi) is 3.69. The second-order valence-corrected chi connectivity index (χ2v) is 4.35. The summed E-state index contributed by atoms with van der Waals surface area (Å²) in [6.07, 6.45) is 1.05. The lowest BCUT2D eigenvalue weighted by Crippen LogP contribution is -2.31. The van der Waals surface area contributed by atoms with Crippen LogP contribution in [0, 0.1) is 23.4 Å². The molecule has 2 nitrogen and oxygen atoms in total. The van der Waals surface area contributed by atoms with E-state index in [4.69, 9.17) is 9.84 Å². The monoisotopic (exact) mass is 246 g/mol. The first-order chi connectivity index (χ1) is 8.06. The van der Waals surface area contributed by atoms with Gasteiger partial charge in [0.1, 0.15) is 17.5 Å². The van der Waals surface area contributed by atoms with Crippen molar-refractivity contribution < 1.29 is 23.0 Å². The van der Waals surface area contributed by atoms with Gasteiger partial charge in [0.2, 0.25) is 0 Å². The van der Waals surface area contributed by atoms with Gasteiger partial charge in [0.25, 0.3) is 0 Å². The van der Waals surface area contributed by atoms with Crippen LogP contribution in [0.3, 0.4) is 0 Å². The molecule has 0 bridgehead atoms. The summed E-state index contributed by atoms with van der Waals surface area (Å²) in [6.45, 7) is 0.137. The quantitative estimate of drug-likeness (QED) is 0.883. The topological polar surface area (TPSA) is 29.5 Å². The predicted molar refractivity (Wildman–Crippen MR) is 54.7 cm³/mol. The van der Waals surface area contributed by atoms with Gasteiger partial charge in [-0.25, -0.2) is 13.2 Å². The lowest BCUT2D eigenvalue weighted by atomic mass is 9.83. The van der Waals surface area contributed by atoms with Crippen LogP contribution in [0.4, 0.5) is 13.2 Å². The maximum absolute atomic E-state index is 13.2. The highest BCUT2D eigenvalue weighted by Gasteiger charge is 2.27. The molecule has 0 amide bonds. The molecule has 1 aromatic carbocycles. The molecule has 1 N–H and O–H groups in total. The van der Waals surface area contributed by atoms with Crippen LogP contribution in [0.15, 0.2) is 12.1 Å². The van der Waals surface area contributed by atoms with Crippen molar-refractivity contribution in [2.75, 3.05) is 6.61 Å². The van der Waals surface area contributed by atoms with E-state index in [0.717, 1.165) is 0 Å². The Morgan fingerprint density at radius 1 is 1.18 bits per heavy atom. The van der Waals surface area contributed by atoms with Crippen molar-refractivity contribution in [3.05, 3.63) is 35.1 Å². The van der Waals surface area contributed by atoms with Crippen molar-refractivity contribution in [1.29, 1.82) is 0 Å². The lowest BCUT2D eigenvalue weighted by Gasteiger charge is -2.30. The summed E-state index contributed by atoms with van der Waals surface area (Å²) in [5.41, 5.74) is -0.258. The Labute approximate surface area is 97.0 Å². The number of aliphatic hydroxyl groups is 1. The molecule has 17 heavy (non-hydrogen) atoms. The molecular formula is C12H13F3O2. The fourth-order valence-electron chi connectivity index (χ4n) is 1.87. The summed E-state index contributed by atoms with van der Waals surface area (Å²) in [5.74, 6) is -2.56. The van der Waals surface area contributed by atoms with Crippen LogP contribution >= 0.6 is 0 Å². The number of rotatable bonds is 4. The van der Waals surface area contributed by atoms with Gasteiger partial charge in [-0.05, 0) is 18.8 Å². The molecule has 2 rings (SSSR count). The van der Waals surface area contributed by atoms with Gasteiger partial charge in [-0.15, -0.1) is 0 Å². The second kappa shape index (κ2) is 5.06. The molecule has 1 aromatic rings. The molecule has 1 aliphatic carbocycles. The zero-order valence-electron chi connectivity index (χ0n) is 9.13. The third-order valence-corrected chi connectivity index (χ3v) is 2.92. The van der Waals surface area contributed by atoms with Crippen LogP contribution in [0.2, 0.25) is 0 Å². The summed E-state index contributed by atoms with van der Waals surface area (Å²) in [7, 11) is 0. The fourth-order valence-corrected chi connectivity index (χ4v) is 1.87. The van der Waals surface area contributed by atoms with Crippen LogP contribution in [0.5, 0.6) is 0 Å². The van der Waals surface area contributed by atoms with E-state index in [-0.39, 0.29) is 24.2 Å². The molecule has 0 unspecified atom stereocenters. The number of ether oxygens (including phenoxy) is 1. The zero-order valence-corrected chi connectivity index (χ0v) is 9.13. The maximum Gasteiger partial charge on any atom is 0.134 e. The molecule has 0 aliphatic heterocycles. The minimum atomic E-state index is -0.939. The maximum atomic E-state index is 13.2. The van der Waals surface area contributed by atoms with E-state index in [1.165, 1.54) is 0 Å². The van der Waals surface area contributed by atoms with Crippen LogP contribution < -0.4 is 0 Å². The normalized spacial score (nSPS) is 23.5. The number of halogens is 3.